The summed E-state index contributed by atoms with van der Waals surface area (Å²) in [5.41, 5.74) is 0.916. The topological polar surface area (TPSA) is 63.6 Å². The first-order chi connectivity index (χ1) is 8.95. The number of hydrogen-bond donors (Lipinski definition) is 1. The van der Waals surface area contributed by atoms with Gasteiger partial charge in [0.25, 0.3) is 0 Å². The summed E-state index contributed by atoms with van der Waals surface area (Å²) in [6, 6.07) is 7.17. The van der Waals surface area contributed by atoms with E-state index in [0.717, 1.165) is 5.56 Å². The van der Waals surface area contributed by atoms with E-state index in [1.54, 1.807) is 19.2 Å². The number of carbonyl (C=O) groups excluding carboxylic acids is 1. The maximum atomic E-state index is 11.2. The molecule has 2 atom stereocenters. The summed E-state index contributed by atoms with van der Waals surface area (Å²) in [7, 11) is 1.56. The molecule has 0 amide bonds. The molecule has 0 radical (unpaired) electrons. The Morgan fingerprint density at radius 1 is 1.26 bits per heavy atom. The van der Waals surface area contributed by atoms with Crippen LogP contribution in [0.5, 0.6) is 0 Å². The van der Waals surface area contributed by atoms with Crippen molar-refractivity contribution in [3.8, 4) is 0 Å². The molecule has 0 heterocycles. The number of carboxylic acids is 1. The summed E-state index contributed by atoms with van der Waals surface area (Å²) in [4.78, 5) is 22.2. The van der Waals surface area contributed by atoms with Crippen LogP contribution in [0.2, 0.25) is 5.02 Å². The van der Waals surface area contributed by atoms with Crippen molar-refractivity contribution < 1.29 is 19.4 Å². The average molecular weight is 285 g/mol. The normalized spacial score (nSPS) is 13.8. The highest BCUT2D eigenvalue weighted by molar-refractivity contribution is 6.30. The average Bonchev–Trinajstić information content (AvgIpc) is 2.35. The zero-order valence-electron chi connectivity index (χ0n) is 10.9. The highest BCUT2D eigenvalue weighted by Gasteiger charge is 2.24. The van der Waals surface area contributed by atoms with E-state index in [9.17, 15) is 9.59 Å². The zero-order valence-corrected chi connectivity index (χ0v) is 11.7. The van der Waals surface area contributed by atoms with Crippen molar-refractivity contribution in [2.45, 2.75) is 25.9 Å². The molecule has 1 rings (SSSR count). The maximum absolute atomic E-state index is 11.2. The predicted octanol–water partition coefficient (Wildman–Crippen LogP) is 3.10. The number of methoxy groups -OCH3 is 1. The summed E-state index contributed by atoms with van der Waals surface area (Å²) >= 11 is 5.81. The molecule has 0 aliphatic rings. The Morgan fingerprint density at radius 3 is 2.26 bits per heavy atom. The molecule has 0 saturated heterocycles. The minimum atomic E-state index is -1.08. The molecule has 0 aliphatic heterocycles. The Kier molecular flexibility index (Phi) is 5.99. The van der Waals surface area contributed by atoms with Crippen LogP contribution in [0.1, 0.15) is 31.4 Å². The minimum Gasteiger partial charge on any atom is -0.481 e. The van der Waals surface area contributed by atoms with Gasteiger partial charge in [0.15, 0.2) is 0 Å². The Bertz CT molecular complexity index is 427. The van der Waals surface area contributed by atoms with Crippen molar-refractivity contribution in [2.75, 3.05) is 7.11 Å². The number of carboxylic acid groups (broad SMARTS) is 1. The summed E-state index contributed by atoms with van der Waals surface area (Å²) in [6.07, 6.45) is 0.485. The number of benzene rings is 1. The number of aliphatic carboxylic acids is 1. The van der Waals surface area contributed by atoms with E-state index in [1.807, 2.05) is 12.1 Å². The smallest absolute Gasteiger partial charge is 0.314 e. The lowest BCUT2D eigenvalue weighted by Crippen LogP contribution is -2.22. The van der Waals surface area contributed by atoms with E-state index in [-0.39, 0.29) is 18.3 Å². The molecular weight excluding hydrogens is 268 g/mol. The van der Waals surface area contributed by atoms with E-state index in [4.69, 9.17) is 21.4 Å². The zero-order chi connectivity index (χ0) is 14.4. The fourth-order valence-electron chi connectivity index (χ4n) is 1.92. The Hall–Kier alpha value is -1.39. The van der Waals surface area contributed by atoms with Crippen LogP contribution in [0.3, 0.4) is 0 Å². The lowest BCUT2D eigenvalue weighted by molar-refractivity contribution is -0.146. The molecular formula is C14H17ClO4. The highest BCUT2D eigenvalue weighted by Crippen LogP contribution is 2.25. The van der Waals surface area contributed by atoms with Crippen molar-refractivity contribution in [3.05, 3.63) is 34.9 Å². The third-order valence-electron chi connectivity index (χ3n) is 3.03. The molecule has 0 bridgehead atoms. The second-order valence-corrected chi connectivity index (χ2v) is 4.79. The van der Waals surface area contributed by atoms with Gasteiger partial charge in [-0.15, -0.1) is 0 Å². The first-order valence-corrected chi connectivity index (χ1v) is 6.35. The molecule has 0 aliphatic carbocycles. The summed E-state index contributed by atoms with van der Waals surface area (Å²) in [5.74, 6) is -2.39. The molecule has 0 aromatic heterocycles. The number of halogens is 1. The van der Waals surface area contributed by atoms with Gasteiger partial charge in [0.2, 0.25) is 0 Å². The van der Waals surface area contributed by atoms with Crippen molar-refractivity contribution in [2.24, 2.45) is 5.92 Å². The van der Waals surface area contributed by atoms with Crippen LogP contribution in [0, 0.1) is 5.92 Å². The van der Waals surface area contributed by atoms with Gasteiger partial charge in [0.1, 0.15) is 11.7 Å². The van der Waals surface area contributed by atoms with Crippen molar-refractivity contribution in [1.29, 1.82) is 0 Å². The van der Waals surface area contributed by atoms with Gasteiger partial charge in [0, 0.05) is 12.1 Å². The number of hydrogen-bond acceptors (Lipinski definition) is 3. The Balaban J connectivity index is 2.69. The first-order valence-electron chi connectivity index (χ1n) is 5.97. The number of ketones is 1. The quantitative estimate of drug-likeness (QED) is 0.782. The highest BCUT2D eigenvalue weighted by atomic mass is 35.5. The van der Waals surface area contributed by atoms with Crippen LogP contribution in [0.15, 0.2) is 24.3 Å². The molecule has 104 valence electrons. The van der Waals surface area contributed by atoms with Crippen molar-refractivity contribution in [1.82, 2.24) is 0 Å². The molecule has 5 heteroatoms. The van der Waals surface area contributed by atoms with Gasteiger partial charge >= 0.3 is 5.97 Å². The first kappa shape index (κ1) is 15.7. The van der Waals surface area contributed by atoms with Crippen LogP contribution in [0.4, 0.5) is 0 Å². The molecule has 1 N–H and O–H groups in total. The van der Waals surface area contributed by atoms with Gasteiger partial charge in [-0.1, -0.05) is 23.7 Å². The van der Waals surface area contributed by atoms with Crippen LogP contribution >= 0.6 is 11.6 Å². The van der Waals surface area contributed by atoms with Crippen molar-refractivity contribution >= 4 is 23.4 Å². The van der Waals surface area contributed by atoms with Crippen LogP contribution in [-0.4, -0.2) is 24.0 Å². The van der Waals surface area contributed by atoms with Gasteiger partial charge in [-0.25, -0.2) is 0 Å². The predicted molar refractivity (Wildman–Crippen MR) is 72.2 cm³/mol. The van der Waals surface area contributed by atoms with Crippen LogP contribution < -0.4 is 0 Å². The molecule has 2 unspecified atom stereocenters. The molecule has 4 nitrogen and oxygen atoms in total. The second kappa shape index (κ2) is 7.26. The maximum Gasteiger partial charge on any atom is 0.314 e. The van der Waals surface area contributed by atoms with Gasteiger partial charge in [0.05, 0.1) is 6.10 Å². The molecule has 1 aromatic rings. The summed E-state index contributed by atoms with van der Waals surface area (Å²) in [5, 5.41) is 9.59. The number of Topliss-reactive ketones (excluding diaryl/α,β-unsaturated/α-hetero) is 1. The van der Waals surface area contributed by atoms with E-state index in [2.05, 4.69) is 0 Å². The van der Waals surface area contributed by atoms with E-state index in [0.29, 0.717) is 11.4 Å². The number of rotatable bonds is 7. The SMILES string of the molecule is COC(CCC(C(C)=O)C(=O)O)c1ccc(Cl)cc1. The van der Waals surface area contributed by atoms with E-state index >= 15 is 0 Å². The lowest BCUT2D eigenvalue weighted by atomic mass is 9.95. The molecule has 1 aromatic carbocycles. The number of carbonyl (C=O) groups is 2. The lowest BCUT2D eigenvalue weighted by Gasteiger charge is -2.17. The standard InChI is InChI=1S/C14H17ClO4/c1-9(16)12(14(17)18)7-8-13(19-2)10-3-5-11(15)6-4-10/h3-6,12-13H,7-8H2,1-2H3,(H,17,18). The van der Waals surface area contributed by atoms with E-state index in [1.165, 1.54) is 6.92 Å². The fourth-order valence-corrected chi connectivity index (χ4v) is 2.04. The second-order valence-electron chi connectivity index (χ2n) is 4.35. The minimum absolute atomic E-state index is 0.238. The van der Waals surface area contributed by atoms with Gasteiger partial charge in [-0.05, 0) is 37.5 Å². The molecule has 19 heavy (non-hydrogen) atoms. The molecule has 0 spiro atoms. The van der Waals surface area contributed by atoms with Crippen molar-refractivity contribution in [3.63, 3.8) is 0 Å². The Morgan fingerprint density at radius 2 is 1.84 bits per heavy atom. The van der Waals surface area contributed by atoms with E-state index < -0.39 is 11.9 Å². The molecule has 0 saturated carbocycles. The summed E-state index contributed by atoms with van der Waals surface area (Å²) < 4.78 is 5.34. The largest absolute Gasteiger partial charge is 0.481 e. The van der Waals surface area contributed by atoms with Gasteiger partial charge in [-0.2, -0.15) is 0 Å². The molecule has 0 fully saturated rings. The third-order valence-corrected chi connectivity index (χ3v) is 3.28. The fraction of sp³-hybridized carbons (Fsp3) is 0.429. The van der Waals surface area contributed by atoms with Crippen LogP contribution in [0.25, 0.3) is 0 Å². The van der Waals surface area contributed by atoms with Gasteiger partial charge in [-0.3, -0.25) is 9.59 Å². The monoisotopic (exact) mass is 284 g/mol. The summed E-state index contributed by atoms with van der Waals surface area (Å²) in [6.45, 7) is 1.29. The third kappa shape index (κ3) is 4.65. The van der Waals surface area contributed by atoms with Crippen LogP contribution in [-0.2, 0) is 14.3 Å². The number of ether oxygens (including phenoxy) is 1. The Labute approximate surface area is 117 Å². The van der Waals surface area contributed by atoms with Gasteiger partial charge < -0.3 is 9.84 Å².